The highest BCUT2D eigenvalue weighted by Gasteiger charge is 2.27. The van der Waals surface area contributed by atoms with Gasteiger partial charge in [-0.25, -0.2) is 8.78 Å². The summed E-state index contributed by atoms with van der Waals surface area (Å²) in [6.07, 6.45) is 1.15. The summed E-state index contributed by atoms with van der Waals surface area (Å²) in [6, 6.07) is 11.2. The van der Waals surface area contributed by atoms with Crippen molar-refractivity contribution < 1.29 is 13.5 Å². The van der Waals surface area contributed by atoms with Gasteiger partial charge in [0.2, 0.25) is 0 Å². The van der Waals surface area contributed by atoms with Crippen LogP contribution in [0.25, 0.3) is 0 Å². The van der Waals surface area contributed by atoms with E-state index in [-0.39, 0.29) is 23.7 Å². The van der Waals surface area contributed by atoms with Crippen molar-refractivity contribution in [2.24, 2.45) is 0 Å². The molecule has 1 aliphatic heterocycles. The molecule has 0 amide bonds. The van der Waals surface area contributed by atoms with Gasteiger partial charge < -0.3 is 4.74 Å². The maximum Gasteiger partial charge on any atom is 0.126 e. The number of hydrogen-bond donors (Lipinski definition) is 0. The molecule has 0 fully saturated rings. The van der Waals surface area contributed by atoms with Crippen LogP contribution in [0.2, 0.25) is 0 Å². The van der Waals surface area contributed by atoms with Gasteiger partial charge in [-0.1, -0.05) is 18.2 Å². The molecule has 0 saturated heterocycles. The Kier molecular flexibility index (Phi) is 4.11. The van der Waals surface area contributed by atoms with E-state index in [9.17, 15) is 8.78 Å². The van der Waals surface area contributed by atoms with Gasteiger partial charge in [-0.2, -0.15) is 0 Å². The van der Waals surface area contributed by atoms with Crippen molar-refractivity contribution in [2.45, 2.75) is 24.9 Å². The van der Waals surface area contributed by atoms with Crippen molar-refractivity contribution in [2.75, 3.05) is 5.88 Å². The van der Waals surface area contributed by atoms with E-state index in [1.54, 1.807) is 24.3 Å². The molecule has 2 aromatic rings. The zero-order valence-electron chi connectivity index (χ0n) is 11.4. The Morgan fingerprint density at radius 2 is 2.00 bits per heavy atom. The lowest BCUT2D eigenvalue weighted by atomic mass is 9.93. The van der Waals surface area contributed by atoms with E-state index >= 15 is 0 Å². The minimum atomic E-state index is -0.263. The van der Waals surface area contributed by atoms with Gasteiger partial charge in [-0.3, -0.25) is 0 Å². The minimum absolute atomic E-state index is 0.0924. The Hall–Kier alpha value is -1.61. The molecule has 2 aromatic carbocycles. The van der Waals surface area contributed by atoms with Gasteiger partial charge in [0.15, 0.2) is 0 Å². The molecule has 2 atom stereocenters. The molecule has 0 spiro atoms. The largest absolute Gasteiger partial charge is 0.490 e. The molecule has 4 heteroatoms. The first-order valence-electron chi connectivity index (χ1n) is 6.93. The average molecular weight is 309 g/mol. The Balaban J connectivity index is 1.74. The van der Waals surface area contributed by atoms with Crippen molar-refractivity contribution in [3.05, 3.63) is 65.2 Å². The number of halogens is 3. The second kappa shape index (κ2) is 6.02. The summed E-state index contributed by atoms with van der Waals surface area (Å²) in [5, 5.41) is 0. The number of alkyl halides is 1. The van der Waals surface area contributed by atoms with Gasteiger partial charge in [0.05, 0.1) is 0 Å². The maximum atomic E-state index is 13.9. The summed E-state index contributed by atoms with van der Waals surface area (Å²) >= 11 is 6.01. The fourth-order valence-corrected chi connectivity index (χ4v) is 3.11. The van der Waals surface area contributed by atoms with Gasteiger partial charge in [-0.05, 0) is 36.2 Å². The van der Waals surface area contributed by atoms with E-state index in [1.807, 2.05) is 0 Å². The molecular weight excluding hydrogens is 294 g/mol. The standard InChI is InChI=1S/C17H15ClF2O/c18-10-12(15-3-1-2-4-16(15)20)9-14-8-11-7-13(19)5-6-17(11)21-14/h1-7,12,14H,8-10H2. The highest BCUT2D eigenvalue weighted by Crippen LogP contribution is 2.34. The minimum Gasteiger partial charge on any atom is -0.490 e. The lowest BCUT2D eigenvalue weighted by molar-refractivity contribution is 0.212. The zero-order valence-corrected chi connectivity index (χ0v) is 12.1. The number of hydrogen-bond acceptors (Lipinski definition) is 1. The normalized spacial score (nSPS) is 18.1. The molecule has 0 N–H and O–H groups in total. The highest BCUT2D eigenvalue weighted by molar-refractivity contribution is 6.18. The van der Waals surface area contributed by atoms with Crippen molar-refractivity contribution in [1.29, 1.82) is 0 Å². The van der Waals surface area contributed by atoms with E-state index < -0.39 is 0 Å². The lowest BCUT2D eigenvalue weighted by Gasteiger charge is -2.19. The summed E-state index contributed by atoms with van der Waals surface area (Å²) in [7, 11) is 0. The van der Waals surface area contributed by atoms with Crippen LogP contribution in [0.15, 0.2) is 42.5 Å². The zero-order chi connectivity index (χ0) is 14.8. The van der Waals surface area contributed by atoms with Crippen LogP contribution >= 0.6 is 11.6 Å². The second-order valence-corrected chi connectivity index (χ2v) is 5.61. The number of ether oxygens (including phenoxy) is 1. The smallest absolute Gasteiger partial charge is 0.126 e. The quantitative estimate of drug-likeness (QED) is 0.745. The topological polar surface area (TPSA) is 9.23 Å². The summed E-state index contributed by atoms with van der Waals surface area (Å²) in [4.78, 5) is 0. The van der Waals surface area contributed by atoms with Crippen LogP contribution in [-0.4, -0.2) is 12.0 Å². The molecular formula is C17H15ClF2O. The first kappa shape index (κ1) is 14.3. The third-order valence-electron chi connectivity index (χ3n) is 3.84. The van der Waals surface area contributed by atoms with Gasteiger partial charge in [0, 0.05) is 23.8 Å². The van der Waals surface area contributed by atoms with E-state index in [0.717, 1.165) is 5.56 Å². The molecule has 2 unspecified atom stereocenters. The van der Waals surface area contributed by atoms with Crippen molar-refractivity contribution in [1.82, 2.24) is 0 Å². The van der Waals surface area contributed by atoms with Crippen LogP contribution in [0.3, 0.4) is 0 Å². The second-order valence-electron chi connectivity index (χ2n) is 5.30. The molecule has 1 heterocycles. The van der Waals surface area contributed by atoms with E-state index in [0.29, 0.717) is 30.0 Å². The number of rotatable bonds is 4. The first-order valence-corrected chi connectivity index (χ1v) is 7.46. The van der Waals surface area contributed by atoms with E-state index in [1.165, 1.54) is 18.2 Å². The summed E-state index contributed by atoms with van der Waals surface area (Å²) in [5.41, 5.74) is 1.47. The molecule has 1 nitrogen and oxygen atoms in total. The molecule has 0 radical (unpaired) electrons. The van der Waals surface area contributed by atoms with Crippen LogP contribution in [0.5, 0.6) is 5.75 Å². The molecule has 0 bridgehead atoms. The summed E-state index contributed by atoms with van der Waals surface area (Å²) < 4.78 is 32.9. The van der Waals surface area contributed by atoms with Crippen LogP contribution < -0.4 is 4.74 Å². The SMILES string of the molecule is Fc1ccc2c(c1)CC(CC(CCl)c1ccccc1F)O2. The molecule has 3 rings (SSSR count). The predicted molar refractivity (Wildman–Crippen MR) is 79.0 cm³/mol. The molecule has 110 valence electrons. The summed E-state index contributed by atoms with van der Waals surface area (Å²) in [5.74, 6) is 0.414. The van der Waals surface area contributed by atoms with Gasteiger partial charge in [-0.15, -0.1) is 11.6 Å². The third kappa shape index (κ3) is 3.03. The van der Waals surface area contributed by atoms with Gasteiger partial charge in [0.1, 0.15) is 23.5 Å². The fraction of sp³-hybridized carbons (Fsp3) is 0.294. The summed E-state index contributed by atoms with van der Waals surface area (Å²) in [6.45, 7) is 0. The van der Waals surface area contributed by atoms with Crippen LogP contribution in [0.1, 0.15) is 23.5 Å². The van der Waals surface area contributed by atoms with Crippen molar-refractivity contribution in [3.63, 3.8) is 0 Å². The Morgan fingerprint density at radius 1 is 1.19 bits per heavy atom. The molecule has 0 aliphatic carbocycles. The third-order valence-corrected chi connectivity index (χ3v) is 4.21. The number of benzene rings is 2. The van der Waals surface area contributed by atoms with Crippen LogP contribution in [0.4, 0.5) is 8.78 Å². The van der Waals surface area contributed by atoms with Crippen LogP contribution in [0, 0.1) is 11.6 Å². The van der Waals surface area contributed by atoms with Crippen molar-refractivity contribution >= 4 is 11.6 Å². The van der Waals surface area contributed by atoms with Crippen molar-refractivity contribution in [3.8, 4) is 5.75 Å². The maximum absolute atomic E-state index is 13.9. The highest BCUT2D eigenvalue weighted by atomic mass is 35.5. The molecule has 21 heavy (non-hydrogen) atoms. The molecule has 1 aliphatic rings. The Morgan fingerprint density at radius 3 is 2.76 bits per heavy atom. The fourth-order valence-electron chi connectivity index (χ4n) is 2.82. The van der Waals surface area contributed by atoms with E-state index in [2.05, 4.69) is 0 Å². The monoisotopic (exact) mass is 308 g/mol. The van der Waals surface area contributed by atoms with Gasteiger partial charge >= 0.3 is 0 Å². The Labute approximate surface area is 127 Å². The van der Waals surface area contributed by atoms with Gasteiger partial charge in [0.25, 0.3) is 0 Å². The van der Waals surface area contributed by atoms with E-state index in [4.69, 9.17) is 16.3 Å². The predicted octanol–water partition coefficient (Wildman–Crippen LogP) is 4.68. The lowest BCUT2D eigenvalue weighted by Crippen LogP contribution is -2.19. The first-order chi connectivity index (χ1) is 10.2. The average Bonchev–Trinajstić information content (AvgIpc) is 2.87. The number of fused-ring (bicyclic) bond motifs is 1. The van der Waals surface area contributed by atoms with Crippen LogP contribution in [-0.2, 0) is 6.42 Å². The Bertz CT molecular complexity index is 644. The molecule has 0 aromatic heterocycles. The molecule has 0 saturated carbocycles.